The number of hydrogen-bond donors (Lipinski definition) is 1. The molecule has 0 aromatic heterocycles. The first-order chi connectivity index (χ1) is 8.18. The molecule has 1 aliphatic heterocycles. The summed E-state index contributed by atoms with van der Waals surface area (Å²) in [5, 5.41) is 9.59. The second kappa shape index (κ2) is 5.71. The van der Waals surface area contributed by atoms with E-state index in [1.807, 2.05) is 0 Å². The van der Waals surface area contributed by atoms with E-state index in [4.69, 9.17) is 0 Å². The van der Waals surface area contributed by atoms with Gasteiger partial charge in [0, 0.05) is 24.6 Å². The Morgan fingerprint density at radius 2 is 1.88 bits per heavy atom. The van der Waals surface area contributed by atoms with E-state index >= 15 is 0 Å². The highest BCUT2D eigenvalue weighted by Gasteiger charge is 2.36. The predicted octanol–water partition coefficient (Wildman–Crippen LogP) is 3.05. The van der Waals surface area contributed by atoms with Crippen molar-refractivity contribution >= 4 is 0 Å². The van der Waals surface area contributed by atoms with E-state index < -0.39 is 0 Å². The highest BCUT2D eigenvalue weighted by molar-refractivity contribution is 4.90. The second-order valence-electron chi connectivity index (χ2n) is 6.55. The minimum atomic E-state index is 0.110. The van der Waals surface area contributed by atoms with Gasteiger partial charge in [-0.15, -0.1) is 0 Å². The van der Waals surface area contributed by atoms with E-state index in [9.17, 15) is 5.11 Å². The van der Waals surface area contributed by atoms with Gasteiger partial charge in [-0.25, -0.2) is 0 Å². The van der Waals surface area contributed by atoms with E-state index in [1.165, 1.54) is 45.1 Å². The molecule has 2 nitrogen and oxygen atoms in total. The van der Waals surface area contributed by atoms with Gasteiger partial charge in [-0.05, 0) is 44.6 Å². The average Bonchev–Trinajstić information content (AvgIpc) is 2.39. The lowest BCUT2D eigenvalue weighted by Gasteiger charge is -2.47. The molecule has 1 N–H and O–H groups in total. The summed E-state index contributed by atoms with van der Waals surface area (Å²) in [5.41, 5.74) is 0.110. The molecule has 3 atom stereocenters. The minimum Gasteiger partial charge on any atom is -0.396 e. The summed E-state index contributed by atoms with van der Waals surface area (Å²) in [6.07, 6.45) is 9.60. The van der Waals surface area contributed by atoms with Gasteiger partial charge >= 0.3 is 0 Å². The SMILES string of the molecule is CCC(C)(CO)CN1CCCC2CCCCC21. The molecule has 1 aliphatic carbocycles. The van der Waals surface area contributed by atoms with Crippen molar-refractivity contribution in [2.45, 2.75) is 64.8 Å². The second-order valence-corrected chi connectivity index (χ2v) is 6.55. The zero-order chi connectivity index (χ0) is 12.3. The van der Waals surface area contributed by atoms with Crippen LogP contribution in [0.25, 0.3) is 0 Å². The van der Waals surface area contributed by atoms with E-state index in [0.29, 0.717) is 6.61 Å². The summed E-state index contributed by atoms with van der Waals surface area (Å²) >= 11 is 0. The molecule has 100 valence electrons. The molecule has 1 heterocycles. The maximum atomic E-state index is 9.59. The van der Waals surface area contributed by atoms with E-state index in [2.05, 4.69) is 18.7 Å². The Bertz CT molecular complexity index is 235. The largest absolute Gasteiger partial charge is 0.396 e. The fourth-order valence-electron chi connectivity index (χ4n) is 3.69. The molecule has 1 saturated carbocycles. The number of nitrogens with zero attached hydrogens (tertiary/aromatic N) is 1. The smallest absolute Gasteiger partial charge is 0.0496 e. The van der Waals surface area contributed by atoms with Crippen LogP contribution in [0.3, 0.4) is 0 Å². The quantitative estimate of drug-likeness (QED) is 0.815. The third-order valence-electron chi connectivity index (χ3n) is 5.18. The number of aliphatic hydroxyl groups excluding tert-OH is 1. The molecule has 2 heteroatoms. The van der Waals surface area contributed by atoms with Gasteiger partial charge in [0.2, 0.25) is 0 Å². The number of hydrogen-bond acceptors (Lipinski definition) is 2. The molecule has 0 aromatic rings. The molecule has 1 saturated heterocycles. The van der Waals surface area contributed by atoms with Crippen molar-refractivity contribution in [3.8, 4) is 0 Å². The molecule has 3 unspecified atom stereocenters. The average molecular weight is 239 g/mol. The standard InChI is InChI=1S/C15H29NO/c1-3-15(2,12-17)11-16-10-6-8-13-7-4-5-9-14(13)16/h13-14,17H,3-12H2,1-2H3. The Balaban J connectivity index is 1.98. The Hall–Kier alpha value is -0.0800. The van der Waals surface area contributed by atoms with Gasteiger partial charge in [-0.1, -0.05) is 26.7 Å². The van der Waals surface area contributed by atoms with Crippen molar-refractivity contribution in [3.63, 3.8) is 0 Å². The number of aliphatic hydroxyl groups is 1. The summed E-state index contributed by atoms with van der Waals surface area (Å²) in [7, 11) is 0. The van der Waals surface area contributed by atoms with Crippen molar-refractivity contribution in [1.29, 1.82) is 0 Å². The molecule has 0 amide bonds. The first kappa shape index (κ1) is 13.4. The van der Waals surface area contributed by atoms with Crippen molar-refractivity contribution in [2.24, 2.45) is 11.3 Å². The van der Waals surface area contributed by atoms with Crippen molar-refractivity contribution in [2.75, 3.05) is 19.7 Å². The summed E-state index contributed by atoms with van der Waals surface area (Å²) < 4.78 is 0. The minimum absolute atomic E-state index is 0.110. The van der Waals surface area contributed by atoms with Gasteiger partial charge in [0.05, 0.1) is 0 Å². The Kier molecular flexibility index (Phi) is 4.48. The van der Waals surface area contributed by atoms with Crippen molar-refractivity contribution in [1.82, 2.24) is 4.90 Å². The first-order valence-corrected chi connectivity index (χ1v) is 7.53. The Morgan fingerprint density at radius 1 is 1.18 bits per heavy atom. The van der Waals surface area contributed by atoms with Crippen molar-refractivity contribution < 1.29 is 5.11 Å². The van der Waals surface area contributed by atoms with Gasteiger partial charge in [0.15, 0.2) is 0 Å². The Morgan fingerprint density at radius 3 is 2.59 bits per heavy atom. The van der Waals surface area contributed by atoms with E-state index in [-0.39, 0.29) is 5.41 Å². The fourth-order valence-corrected chi connectivity index (χ4v) is 3.69. The lowest BCUT2D eigenvalue weighted by molar-refractivity contribution is 0.00775. The molecule has 17 heavy (non-hydrogen) atoms. The topological polar surface area (TPSA) is 23.5 Å². The highest BCUT2D eigenvalue weighted by Crippen LogP contribution is 2.37. The van der Waals surface area contributed by atoms with Crippen LogP contribution in [-0.2, 0) is 0 Å². The summed E-state index contributed by atoms with van der Waals surface area (Å²) in [5.74, 6) is 0.956. The molecular formula is C15H29NO. The van der Waals surface area contributed by atoms with Crippen LogP contribution < -0.4 is 0 Å². The number of fused-ring (bicyclic) bond motifs is 1. The maximum absolute atomic E-state index is 9.59. The van der Waals surface area contributed by atoms with Gasteiger partial charge in [0.1, 0.15) is 0 Å². The molecular weight excluding hydrogens is 210 g/mol. The van der Waals surface area contributed by atoms with Gasteiger partial charge in [-0.3, -0.25) is 4.90 Å². The van der Waals surface area contributed by atoms with Crippen LogP contribution in [0.2, 0.25) is 0 Å². The third-order valence-corrected chi connectivity index (χ3v) is 5.18. The van der Waals surface area contributed by atoms with Crippen LogP contribution in [0, 0.1) is 11.3 Å². The molecule has 0 bridgehead atoms. The summed E-state index contributed by atoms with van der Waals surface area (Å²) in [6, 6.07) is 0.829. The van der Waals surface area contributed by atoms with Gasteiger partial charge in [0.25, 0.3) is 0 Å². The van der Waals surface area contributed by atoms with E-state index in [1.54, 1.807) is 0 Å². The predicted molar refractivity (Wildman–Crippen MR) is 72.0 cm³/mol. The third kappa shape index (κ3) is 3.03. The van der Waals surface area contributed by atoms with Crippen LogP contribution in [-0.4, -0.2) is 35.7 Å². The van der Waals surface area contributed by atoms with Gasteiger partial charge in [-0.2, -0.15) is 0 Å². The molecule has 2 fully saturated rings. The van der Waals surface area contributed by atoms with Crippen LogP contribution in [0.4, 0.5) is 0 Å². The zero-order valence-corrected chi connectivity index (χ0v) is 11.6. The maximum Gasteiger partial charge on any atom is 0.0496 e. The molecule has 0 aromatic carbocycles. The van der Waals surface area contributed by atoms with Crippen molar-refractivity contribution in [3.05, 3.63) is 0 Å². The molecule has 0 radical (unpaired) electrons. The fraction of sp³-hybridized carbons (Fsp3) is 1.00. The first-order valence-electron chi connectivity index (χ1n) is 7.53. The van der Waals surface area contributed by atoms with E-state index in [0.717, 1.165) is 24.9 Å². The summed E-state index contributed by atoms with van der Waals surface area (Å²) in [6.45, 7) is 7.13. The summed E-state index contributed by atoms with van der Waals surface area (Å²) in [4.78, 5) is 2.70. The molecule has 2 rings (SSSR count). The number of rotatable bonds is 4. The van der Waals surface area contributed by atoms with Crippen LogP contribution in [0.5, 0.6) is 0 Å². The zero-order valence-electron chi connectivity index (χ0n) is 11.6. The highest BCUT2D eigenvalue weighted by atomic mass is 16.3. The van der Waals surface area contributed by atoms with Crippen LogP contribution in [0.15, 0.2) is 0 Å². The lowest BCUT2D eigenvalue weighted by atomic mass is 9.77. The normalized spacial score (nSPS) is 34.1. The van der Waals surface area contributed by atoms with Crippen LogP contribution >= 0.6 is 0 Å². The van der Waals surface area contributed by atoms with Gasteiger partial charge < -0.3 is 5.11 Å². The Labute approximate surface area is 106 Å². The number of likely N-dealkylation sites (tertiary alicyclic amines) is 1. The molecule has 2 aliphatic rings. The van der Waals surface area contributed by atoms with Crippen LogP contribution in [0.1, 0.15) is 58.8 Å². The lowest BCUT2D eigenvalue weighted by Crippen LogP contribution is -2.51. The molecule has 0 spiro atoms. The monoisotopic (exact) mass is 239 g/mol. The number of piperidine rings is 1.